The zero-order chi connectivity index (χ0) is 20.8. The summed E-state index contributed by atoms with van der Waals surface area (Å²) in [7, 11) is 2.05. The van der Waals surface area contributed by atoms with E-state index >= 15 is 0 Å². The van der Waals surface area contributed by atoms with Crippen molar-refractivity contribution in [1.29, 1.82) is 0 Å². The zero-order valence-electron chi connectivity index (χ0n) is 17.1. The Kier molecular flexibility index (Phi) is 5.17. The molecule has 0 radical (unpaired) electrons. The van der Waals surface area contributed by atoms with Crippen LogP contribution in [0, 0.1) is 13.8 Å². The first-order chi connectivity index (χ1) is 13.7. The Morgan fingerprint density at radius 1 is 1.03 bits per heavy atom. The first-order valence-electron chi connectivity index (χ1n) is 10.1. The van der Waals surface area contributed by atoms with Crippen molar-refractivity contribution in [1.82, 2.24) is 9.80 Å². The lowest BCUT2D eigenvalue weighted by Crippen LogP contribution is -2.45. The maximum atomic E-state index is 14.8. The lowest BCUT2D eigenvalue weighted by Gasteiger charge is -2.36. The molecule has 6 heteroatoms. The van der Waals surface area contributed by atoms with Gasteiger partial charge < -0.3 is 10.2 Å². The van der Waals surface area contributed by atoms with Crippen molar-refractivity contribution >= 4 is 11.6 Å². The fourth-order valence-electron chi connectivity index (χ4n) is 4.25. The molecule has 2 aliphatic rings. The van der Waals surface area contributed by atoms with E-state index in [2.05, 4.69) is 22.2 Å². The first-order valence-corrected chi connectivity index (χ1v) is 10.1. The maximum absolute atomic E-state index is 14.8. The molecule has 4 rings (SSSR count). The predicted octanol–water partition coefficient (Wildman–Crippen LogP) is 4.34. The van der Waals surface area contributed by atoms with Crippen molar-refractivity contribution in [2.24, 2.45) is 0 Å². The molecule has 1 fully saturated rings. The Labute approximate surface area is 170 Å². The van der Waals surface area contributed by atoms with Gasteiger partial charge in [-0.15, -0.1) is 0 Å². The molecule has 154 valence electrons. The Hall–Kier alpha value is -2.31. The number of alkyl halides is 2. The standard InChI is InChI=1S/C23H27F2N3O/c1-15-4-5-17(12-16(15)2)22(29)26-18-6-7-19-20(13-18)23(24,25)14-21(19)28-10-8-27(3)9-11-28/h4-7,12-13,21H,8-11,14H2,1-3H3,(H,26,29). The van der Waals surface area contributed by atoms with Gasteiger partial charge in [0.25, 0.3) is 11.8 Å². The number of carbonyl (C=O) groups is 1. The summed E-state index contributed by atoms with van der Waals surface area (Å²) in [6.45, 7) is 7.30. The molecule has 29 heavy (non-hydrogen) atoms. The topological polar surface area (TPSA) is 35.6 Å². The van der Waals surface area contributed by atoms with Gasteiger partial charge in [0.1, 0.15) is 0 Å². The van der Waals surface area contributed by atoms with Crippen molar-refractivity contribution in [2.75, 3.05) is 38.5 Å². The smallest absolute Gasteiger partial charge is 0.275 e. The lowest BCUT2D eigenvalue weighted by molar-refractivity contribution is -0.0257. The van der Waals surface area contributed by atoms with Crippen LogP contribution in [-0.4, -0.2) is 48.9 Å². The van der Waals surface area contributed by atoms with Crippen LogP contribution in [0.5, 0.6) is 0 Å². The van der Waals surface area contributed by atoms with Gasteiger partial charge in [-0.3, -0.25) is 9.69 Å². The number of nitrogens with zero attached hydrogens (tertiary/aromatic N) is 2. The van der Waals surface area contributed by atoms with Crippen LogP contribution in [-0.2, 0) is 5.92 Å². The van der Waals surface area contributed by atoms with Crippen molar-refractivity contribution in [2.45, 2.75) is 32.2 Å². The molecule has 1 aliphatic heterocycles. The number of halogens is 2. The largest absolute Gasteiger partial charge is 0.322 e. The van der Waals surface area contributed by atoms with Crippen LogP contribution in [0.1, 0.15) is 45.1 Å². The number of aryl methyl sites for hydroxylation is 2. The number of hydrogen-bond acceptors (Lipinski definition) is 3. The summed E-state index contributed by atoms with van der Waals surface area (Å²) >= 11 is 0. The number of hydrogen-bond donors (Lipinski definition) is 1. The second-order valence-electron chi connectivity index (χ2n) is 8.32. The molecule has 2 aromatic carbocycles. The quantitative estimate of drug-likeness (QED) is 0.834. The SMILES string of the molecule is Cc1ccc(C(=O)Nc2ccc3c(c2)C(F)(F)CC3N2CCN(C)CC2)cc1C. The molecule has 2 aromatic rings. The van der Waals surface area contributed by atoms with Crippen molar-refractivity contribution < 1.29 is 13.6 Å². The van der Waals surface area contributed by atoms with Crippen LogP contribution in [0.15, 0.2) is 36.4 Å². The number of anilines is 1. The summed E-state index contributed by atoms with van der Waals surface area (Å²) in [6, 6.07) is 10.1. The van der Waals surface area contributed by atoms with Gasteiger partial charge in [0.2, 0.25) is 0 Å². The summed E-state index contributed by atoms with van der Waals surface area (Å²) in [4.78, 5) is 16.9. The number of fused-ring (bicyclic) bond motifs is 1. The minimum Gasteiger partial charge on any atom is -0.322 e. The molecule has 1 N–H and O–H groups in total. The first kappa shape index (κ1) is 20.0. The molecule has 1 amide bonds. The van der Waals surface area contributed by atoms with E-state index in [1.165, 1.54) is 6.07 Å². The molecule has 1 aliphatic carbocycles. The average molecular weight is 399 g/mol. The maximum Gasteiger partial charge on any atom is 0.275 e. The van der Waals surface area contributed by atoms with Gasteiger partial charge in [0.05, 0.1) is 0 Å². The number of nitrogens with one attached hydrogen (secondary N) is 1. The van der Waals surface area contributed by atoms with Crippen LogP contribution in [0.25, 0.3) is 0 Å². The predicted molar refractivity (Wildman–Crippen MR) is 111 cm³/mol. The third-order valence-electron chi connectivity index (χ3n) is 6.26. The molecule has 1 atom stereocenters. The number of piperazine rings is 1. The summed E-state index contributed by atoms with van der Waals surface area (Å²) in [5, 5.41) is 2.78. The molecular formula is C23H27F2N3O. The van der Waals surface area contributed by atoms with E-state index in [4.69, 9.17) is 0 Å². The van der Waals surface area contributed by atoms with E-state index in [-0.39, 0.29) is 23.9 Å². The number of carbonyl (C=O) groups excluding carboxylic acids is 1. The minimum atomic E-state index is -2.88. The molecular weight excluding hydrogens is 372 g/mol. The third-order valence-corrected chi connectivity index (χ3v) is 6.26. The van der Waals surface area contributed by atoms with Crippen LogP contribution in [0.4, 0.5) is 14.5 Å². The number of rotatable bonds is 3. The Morgan fingerprint density at radius 2 is 1.76 bits per heavy atom. The second-order valence-corrected chi connectivity index (χ2v) is 8.32. The van der Waals surface area contributed by atoms with Crippen LogP contribution >= 0.6 is 0 Å². The highest BCUT2D eigenvalue weighted by Gasteiger charge is 2.47. The molecule has 1 unspecified atom stereocenters. The average Bonchev–Trinajstić information content (AvgIpc) is 2.95. The second kappa shape index (κ2) is 7.50. The highest BCUT2D eigenvalue weighted by molar-refractivity contribution is 6.04. The van der Waals surface area contributed by atoms with Crippen molar-refractivity contribution in [3.63, 3.8) is 0 Å². The fraction of sp³-hybridized carbons (Fsp3) is 0.435. The van der Waals surface area contributed by atoms with E-state index in [1.54, 1.807) is 18.2 Å². The fourth-order valence-corrected chi connectivity index (χ4v) is 4.25. The zero-order valence-corrected chi connectivity index (χ0v) is 17.1. The Morgan fingerprint density at radius 3 is 2.45 bits per heavy atom. The van der Waals surface area contributed by atoms with E-state index in [9.17, 15) is 13.6 Å². The molecule has 4 nitrogen and oxygen atoms in total. The number of amides is 1. The van der Waals surface area contributed by atoms with Crippen LogP contribution < -0.4 is 5.32 Å². The van der Waals surface area contributed by atoms with Gasteiger partial charge in [-0.05, 0) is 61.9 Å². The van der Waals surface area contributed by atoms with Crippen LogP contribution in [0.3, 0.4) is 0 Å². The Bertz CT molecular complexity index is 936. The van der Waals surface area contributed by atoms with Crippen molar-refractivity contribution in [3.8, 4) is 0 Å². The molecule has 0 saturated carbocycles. The number of likely N-dealkylation sites (N-methyl/N-ethyl adjacent to an activating group) is 1. The molecule has 0 spiro atoms. The summed E-state index contributed by atoms with van der Waals surface area (Å²) in [5.74, 6) is -3.17. The molecule has 0 aromatic heterocycles. The number of benzene rings is 2. The highest BCUT2D eigenvalue weighted by Crippen LogP contribution is 2.50. The Balaban J connectivity index is 1.56. The van der Waals surface area contributed by atoms with Gasteiger partial charge in [-0.2, -0.15) is 0 Å². The summed E-state index contributed by atoms with van der Waals surface area (Å²) < 4.78 is 29.6. The van der Waals surface area contributed by atoms with Gasteiger partial charge >= 0.3 is 0 Å². The normalized spacial score (nSPS) is 21.8. The van der Waals surface area contributed by atoms with Gasteiger partial charge in [-0.25, -0.2) is 8.78 Å². The van der Waals surface area contributed by atoms with E-state index < -0.39 is 5.92 Å². The van der Waals surface area contributed by atoms with Gasteiger partial charge in [0, 0.05) is 55.5 Å². The van der Waals surface area contributed by atoms with E-state index in [1.807, 2.05) is 26.0 Å². The van der Waals surface area contributed by atoms with Crippen molar-refractivity contribution in [3.05, 3.63) is 64.2 Å². The highest BCUT2D eigenvalue weighted by atomic mass is 19.3. The summed E-state index contributed by atoms with van der Waals surface area (Å²) in [5.41, 5.74) is 3.78. The van der Waals surface area contributed by atoms with Gasteiger partial charge in [0.15, 0.2) is 0 Å². The molecule has 1 heterocycles. The monoisotopic (exact) mass is 399 g/mol. The van der Waals surface area contributed by atoms with Crippen LogP contribution in [0.2, 0.25) is 0 Å². The van der Waals surface area contributed by atoms with E-state index in [0.717, 1.165) is 37.3 Å². The lowest BCUT2D eigenvalue weighted by atomic mass is 10.0. The van der Waals surface area contributed by atoms with E-state index in [0.29, 0.717) is 16.8 Å². The summed E-state index contributed by atoms with van der Waals surface area (Å²) in [6.07, 6.45) is -0.194. The molecule has 0 bridgehead atoms. The molecule has 1 saturated heterocycles. The van der Waals surface area contributed by atoms with Gasteiger partial charge in [-0.1, -0.05) is 12.1 Å². The minimum absolute atomic E-state index is 0.0410. The third kappa shape index (κ3) is 3.91.